The summed E-state index contributed by atoms with van der Waals surface area (Å²) in [5, 5.41) is 6.09. The average Bonchev–Trinajstić information content (AvgIpc) is 2.39. The van der Waals surface area contributed by atoms with E-state index in [4.69, 9.17) is 5.73 Å². The molecule has 1 aromatic rings. The van der Waals surface area contributed by atoms with E-state index in [2.05, 4.69) is 15.6 Å². The van der Waals surface area contributed by atoms with E-state index < -0.39 is 0 Å². The van der Waals surface area contributed by atoms with E-state index in [1.165, 1.54) is 0 Å². The van der Waals surface area contributed by atoms with Crippen molar-refractivity contribution in [2.24, 2.45) is 11.7 Å². The number of aromatic nitrogens is 1. The lowest BCUT2D eigenvalue weighted by molar-refractivity contribution is -0.124. The third kappa shape index (κ3) is 8.75. The number of nitrogens with one attached hydrogen (secondary N) is 2. The van der Waals surface area contributed by atoms with E-state index in [0.717, 1.165) is 24.3 Å². The zero-order valence-electron chi connectivity index (χ0n) is 12.8. The van der Waals surface area contributed by atoms with Gasteiger partial charge in [-0.2, -0.15) is 0 Å². The molecule has 1 aromatic heterocycles. The Labute approximate surface area is 139 Å². The van der Waals surface area contributed by atoms with Crippen LogP contribution in [0.4, 0.5) is 5.82 Å². The van der Waals surface area contributed by atoms with Crippen LogP contribution in [0.1, 0.15) is 25.8 Å². The maximum Gasteiger partial charge on any atom is 0.224 e. The number of carbonyl (C=O) groups is 1. The number of aryl methyl sites for hydroxylation is 1. The van der Waals surface area contributed by atoms with E-state index >= 15 is 0 Å². The Morgan fingerprint density at radius 2 is 1.95 bits per heavy atom. The van der Waals surface area contributed by atoms with Gasteiger partial charge in [-0.25, -0.2) is 4.98 Å². The molecule has 0 radical (unpaired) electrons. The first kappa shape index (κ1) is 22.2. The lowest BCUT2D eigenvalue weighted by Gasteiger charge is -2.15. The lowest BCUT2D eigenvalue weighted by Crippen LogP contribution is -2.39. The van der Waals surface area contributed by atoms with Crippen LogP contribution in [0.5, 0.6) is 0 Å². The van der Waals surface area contributed by atoms with Crippen LogP contribution in [0.2, 0.25) is 0 Å². The molecular weight excluding hydrogens is 311 g/mol. The standard InChI is InChI=1S/C14H24N4O.2ClH/c1-10-5-6-13(18-9-10)16-7-4-8-17-14(19)11(2)12(3)15;;/h5-6,9,11-12H,4,7-8,15H2,1-3H3,(H,16,18)(H,17,19);2*1H. The van der Waals surface area contributed by atoms with Gasteiger partial charge in [0, 0.05) is 31.2 Å². The highest BCUT2D eigenvalue weighted by Gasteiger charge is 2.15. The van der Waals surface area contributed by atoms with Gasteiger partial charge in [0.25, 0.3) is 0 Å². The fourth-order valence-electron chi connectivity index (χ4n) is 1.49. The maximum atomic E-state index is 11.6. The van der Waals surface area contributed by atoms with Gasteiger partial charge in [-0.3, -0.25) is 4.79 Å². The van der Waals surface area contributed by atoms with Crippen molar-refractivity contribution in [2.45, 2.75) is 33.2 Å². The molecule has 0 bridgehead atoms. The van der Waals surface area contributed by atoms with Crippen LogP contribution in [0.15, 0.2) is 18.3 Å². The molecule has 7 heteroatoms. The van der Waals surface area contributed by atoms with Crippen molar-refractivity contribution < 1.29 is 4.79 Å². The molecule has 0 aromatic carbocycles. The highest BCUT2D eigenvalue weighted by molar-refractivity contribution is 5.85. The minimum Gasteiger partial charge on any atom is -0.370 e. The van der Waals surface area contributed by atoms with Crippen LogP contribution in [0.25, 0.3) is 0 Å². The summed E-state index contributed by atoms with van der Waals surface area (Å²) in [4.78, 5) is 15.9. The van der Waals surface area contributed by atoms with Crippen molar-refractivity contribution in [2.75, 3.05) is 18.4 Å². The second-order valence-electron chi connectivity index (χ2n) is 4.94. The van der Waals surface area contributed by atoms with Crippen LogP contribution in [0, 0.1) is 12.8 Å². The third-order valence-corrected chi connectivity index (χ3v) is 3.07. The highest BCUT2D eigenvalue weighted by Crippen LogP contribution is 2.03. The van der Waals surface area contributed by atoms with Crippen LogP contribution < -0.4 is 16.4 Å². The van der Waals surface area contributed by atoms with Crippen LogP contribution in [-0.2, 0) is 4.79 Å². The van der Waals surface area contributed by atoms with Crippen LogP contribution in [-0.4, -0.2) is 30.0 Å². The quantitative estimate of drug-likeness (QED) is 0.666. The Morgan fingerprint density at radius 1 is 1.29 bits per heavy atom. The Kier molecular flexibility index (Phi) is 12.3. The fourth-order valence-corrected chi connectivity index (χ4v) is 1.49. The molecule has 0 aliphatic rings. The first-order valence-corrected chi connectivity index (χ1v) is 6.70. The molecule has 5 nitrogen and oxygen atoms in total. The summed E-state index contributed by atoms with van der Waals surface area (Å²) < 4.78 is 0. The van der Waals surface area contributed by atoms with E-state index in [1.54, 1.807) is 0 Å². The van der Waals surface area contributed by atoms with Crippen LogP contribution in [0.3, 0.4) is 0 Å². The fraction of sp³-hybridized carbons (Fsp3) is 0.571. The molecule has 1 heterocycles. The number of carbonyl (C=O) groups excluding carboxylic acids is 1. The summed E-state index contributed by atoms with van der Waals surface area (Å²) >= 11 is 0. The van der Waals surface area contributed by atoms with Gasteiger partial charge in [0.1, 0.15) is 5.82 Å². The number of hydrogen-bond donors (Lipinski definition) is 3. The number of halogens is 2. The van der Waals surface area contributed by atoms with Crippen molar-refractivity contribution in [1.29, 1.82) is 0 Å². The van der Waals surface area contributed by atoms with Crippen molar-refractivity contribution in [3.8, 4) is 0 Å². The first-order chi connectivity index (χ1) is 9.00. The molecule has 2 atom stereocenters. The molecule has 0 spiro atoms. The van der Waals surface area contributed by atoms with E-state index in [9.17, 15) is 4.79 Å². The molecule has 0 aliphatic carbocycles. The highest BCUT2D eigenvalue weighted by atomic mass is 35.5. The first-order valence-electron chi connectivity index (χ1n) is 6.70. The monoisotopic (exact) mass is 336 g/mol. The van der Waals surface area contributed by atoms with Gasteiger partial charge in [-0.15, -0.1) is 24.8 Å². The molecule has 1 amide bonds. The molecule has 0 saturated carbocycles. The molecule has 4 N–H and O–H groups in total. The van der Waals surface area contributed by atoms with Gasteiger partial charge < -0.3 is 16.4 Å². The van der Waals surface area contributed by atoms with E-state index in [0.29, 0.717) is 6.54 Å². The zero-order chi connectivity index (χ0) is 14.3. The molecule has 2 unspecified atom stereocenters. The number of nitrogens with zero attached hydrogens (tertiary/aromatic N) is 1. The average molecular weight is 337 g/mol. The zero-order valence-corrected chi connectivity index (χ0v) is 14.4. The molecule has 0 aliphatic heterocycles. The molecule has 122 valence electrons. The number of hydrogen-bond acceptors (Lipinski definition) is 4. The summed E-state index contributed by atoms with van der Waals surface area (Å²) in [6.07, 6.45) is 2.68. The molecule has 1 rings (SSSR count). The largest absolute Gasteiger partial charge is 0.370 e. The molecule has 0 saturated heterocycles. The minimum atomic E-state index is -0.147. The maximum absolute atomic E-state index is 11.6. The van der Waals surface area contributed by atoms with Crippen molar-refractivity contribution in [3.05, 3.63) is 23.9 Å². The molecular formula is C14H26Cl2N4O. The second kappa shape index (κ2) is 11.6. The molecule has 0 fully saturated rings. The van der Waals surface area contributed by atoms with Gasteiger partial charge in [-0.05, 0) is 31.9 Å². The number of anilines is 1. The number of pyridine rings is 1. The van der Waals surface area contributed by atoms with Gasteiger partial charge in [0.2, 0.25) is 5.91 Å². The molecule has 21 heavy (non-hydrogen) atoms. The summed E-state index contributed by atoms with van der Waals surface area (Å²) in [6.45, 7) is 7.12. The van der Waals surface area contributed by atoms with Gasteiger partial charge in [0.05, 0.1) is 0 Å². The van der Waals surface area contributed by atoms with Crippen molar-refractivity contribution in [1.82, 2.24) is 10.3 Å². The minimum absolute atomic E-state index is 0. The summed E-state index contributed by atoms with van der Waals surface area (Å²) in [5.74, 6) is 0.732. The second-order valence-corrected chi connectivity index (χ2v) is 4.94. The van der Waals surface area contributed by atoms with Crippen molar-refractivity contribution >= 4 is 36.5 Å². The number of rotatable bonds is 7. The Bertz CT molecular complexity index is 398. The predicted molar refractivity (Wildman–Crippen MR) is 92.4 cm³/mol. The summed E-state index contributed by atoms with van der Waals surface area (Å²) in [5.41, 5.74) is 6.82. The SMILES string of the molecule is Cc1ccc(NCCCNC(=O)C(C)C(C)N)nc1.Cl.Cl. The van der Waals surface area contributed by atoms with Gasteiger partial charge in [0.15, 0.2) is 0 Å². The third-order valence-electron chi connectivity index (χ3n) is 3.07. The van der Waals surface area contributed by atoms with Gasteiger partial charge in [-0.1, -0.05) is 13.0 Å². The lowest BCUT2D eigenvalue weighted by atomic mass is 10.0. The van der Waals surface area contributed by atoms with E-state index in [-0.39, 0.29) is 42.7 Å². The number of nitrogens with two attached hydrogens (primary N) is 1. The number of amides is 1. The summed E-state index contributed by atoms with van der Waals surface area (Å²) in [7, 11) is 0. The Morgan fingerprint density at radius 3 is 2.48 bits per heavy atom. The Balaban J connectivity index is 0. The van der Waals surface area contributed by atoms with Crippen molar-refractivity contribution in [3.63, 3.8) is 0 Å². The Hall–Kier alpha value is -1.04. The van der Waals surface area contributed by atoms with Crippen LogP contribution >= 0.6 is 24.8 Å². The predicted octanol–water partition coefficient (Wildman–Crippen LogP) is 2.14. The topological polar surface area (TPSA) is 80.0 Å². The summed E-state index contributed by atoms with van der Waals surface area (Å²) in [6, 6.07) is 3.85. The normalized spacial score (nSPS) is 12.4. The smallest absolute Gasteiger partial charge is 0.224 e. The van der Waals surface area contributed by atoms with Gasteiger partial charge >= 0.3 is 0 Å². The van der Waals surface area contributed by atoms with E-state index in [1.807, 2.05) is 39.1 Å².